The van der Waals surface area contributed by atoms with Gasteiger partial charge in [-0.1, -0.05) is 0 Å². The van der Waals surface area contributed by atoms with Gasteiger partial charge in [0.15, 0.2) is 0 Å². The molecule has 2 heterocycles. The van der Waals surface area contributed by atoms with Crippen molar-refractivity contribution in [1.82, 2.24) is 9.88 Å². The van der Waals surface area contributed by atoms with Crippen molar-refractivity contribution >= 4 is 5.91 Å². The molecule has 0 bridgehead atoms. The summed E-state index contributed by atoms with van der Waals surface area (Å²) in [6.07, 6.45) is 3.51. The number of hydrogen-bond donors (Lipinski definition) is 1. The van der Waals surface area contributed by atoms with E-state index in [0.717, 1.165) is 31.5 Å². The molecule has 0 spiro atoms. The van der Waals surface area contributed by atoms with Crippen LogP contribution < -0.4 is 5.73 Å². The Morgan fingerprint density at radius 1 is 1.67 bits per heavy atom. The number of hydrogen-bond acceptors (Lipinski definition) is 4. The quantitative estimate of drug-likeness (QED) is 0.846. The third-order valence-corrected chi connectivity index (χ3v) is 3.25. The zero-order valence-corrected chi connectivity index (χ0v) is 10.2. The van der Waals surface area contributed by atoms with Crippen LogP contribution >= 0.6 is 0 Å². The van der Waals surface area contributed by atoms with Crippen LogP contribution in [-0.4, -0.2) is 28.9 Å². The number of primary amides is 1. The molecule has 1 amide bonds. The Morgan fingerprint density at radius 3 is 3.22 bits per heavy atom. The van der Waals surface area contributed by atoms with Gasteiger partial charge in [0, 0.05) is 19.3 Å². The highest BCUT2D eigenvalue weighted by Crippen LogP contribution is 2.18. The minimum atomic E-state index is -0.216. The molecule has 5 heteroatoms. The van der Waals surface area contributed by atoms with Crippen LogP contribution in [0.4, 0.5) is 0 Å². The van der Waals surface area contributed by atoms with Crippen molar-refractivity contribution in [3.8, 4) is 6.07 Å². The third kappa shape index (κ3) is 3.05. The highest BCUT2D eigenvalue weighted by atomic mass is 16.1. The molecule has 1 saturated heterocycles. The molecule has 0 saturated carbocycles. The van der Waals surface area contributed by atoms with Crippen LogP contribution in [0.2, 0.25) is 0 Å². The summed E-state index contributed by atoms with van der Waals surface area (Å²) in [5.74, 6) is -0.261. The zero-order chi connectivity index (χ0) is 13.0. The van der Waals surface area contributed by atoms with E-state index < -0.39 is 0 Å². The van der Waals surface area contributed by atoms with Gasteiger partial charge < -0.3 is 5.73 Å². The van der Waals surface area contributed by atoms with Gasteiger partial charge in [-0.05, 0) is 37.1 Å². The molecular formula is C13H16N4O. The van der Waals surface area contributed by atoms with Gasteiger partial charge >= 0.3 is 0 Å². The molecule has 1 atom stereocenters. The molecule has 94 valence electrons. The van der Waals surface area contributed by atoms with Gasteiger partial charge in [0.05, 0.1) is 5.92 Å². The molecule has 1 aliphatic rings. The molecular weight excluding hydrogens is 228 g/mol. The summed E-state index contributed by atoms with van der Waals surface area (Å²) in [5.41, 5.74) is 6.82. The minimum absolute atomic E-state index is 0.0453. The molecule has 5 nitrogen and oxygen atoms in total. The fourth-order valence-corrected chi connectivity index (χ4v) is 2.32. The first-order valence-electron chi connectivity index (χ1n) is 6.05. The number of pyridine rings is 1. The van der Waals surface area contributed by atoms with Gasteiger partial charge in [0.2, 0.25) is 5.91 Å². The fraction of sp³-hybridized carbons (Fsp3) is 0.462. The maximum absolute atomic E-state index is 11.2. The molecule has 0 aromatic carbocycles. The number of carbonyl (C=O) groups is 1. The lowest BCUT2D eigenvalue weighted by Gasteiger charge is -2.31. The number of nitriles is 1. The molecule has 1 aliphatic heterocycles. The Hall–Kier alpha value is -1.93. The minimum Gasteiger partial charge on any atom is -0.369 e. The van der Waals surface area contributed by atoms with Gasteiger partial charge in [0.25, 0.3) is 0 Å². The van der Waals surface area contributed by atoms with Crippen LogP contribution in [0.1, 0.15) is 24.1 Å². The summed E-state index contributed by atoms with van der Waals surface area (Å²) in [7, 11) is 0. The van der Waals surface area contributed by atoms with Crippen LogP contribution in [0.25, 0.3) is 0 Å². The van der Waals surface area contributed by atoms with Crippen LogP contribution in [0, 0.1) is 17.2 Å². The standard InChI is InChI=1S/C13H16N4O/c14-7-12-6-10(3-4-16-12)8-17-5-1-2-11(9-17)13(15)18/h3-4,6,11H,1-2,5,8-9H2,(H2,15,18). The van der Waals surface area contributed by atoms with Crippen molar-refractivity contribution in [1.29, 1.82) is 5.26 Å². The second-order valence-electron chi connectivity index (χ2n) is 4.64. The smallest absolute Gasteiger partial charge is 0.221 e. The number of amides is 1. The number of piperidine rings is 1. The first-order chi connectivity index (χ1) is 8.69. The van der Waals surface area contributed by atoms with Crippen LogP contribution in [-0.2, 0) is 11.3 Å². The second kappa shape index (κ2) is 5.61. The Morgan fingerprint density at radius 2 is 2.50 bits per heavy atom. The lowest BCUT2D eigenvalue weighted by Crippen LogP contribution is -2.40. The van der Waals surface area contributed by atoms with Crippen molar-refractivity contribution < 1.29 is 4.79 Å². The van der Waals surface area contributed by atoms with E-state index in [4.69, 9.17) is 11.0 Å². The Balaban J connectivity index is 2.00. The number of aromatic nitrogens is 1. The number of carbonyl (C=O) groups excluding carboxylic acids is 1. The summed E-state index contributed by atoms with van der Waals surface area (Å²) in [6, 6.07) is 5.71. The predicted molar refractivity (Wildman–Crippen MR) is 66.1 cm³/mol. The lowest BCUT2D eigenvalue weighted by molar-refractivity contribution is -0.123. The van der Waals surface area contributed by atoms with Crippen LogP contribution in [0.3, 0.4) is 0 Å². The molecule has 1 aromatic heterocycles. The van der Waals surface area contributed by atoms with Crippen molar-refractivity contribution in [3.63, 3.8) is 0 Å². The Bertz CT molecular complexity index is 480. The van der Waals surface area contributed by atoms with E-state index in [1.165, 1.54) is 0 Å². The monoisotopic (exact) mass is 244 g/mol. The maximum Gasteiger partial charge on any atom is 0.221 e. The van der Waals surface area contributed by atoms with E-state index in [2.05, 4.69) is 9.88 Å². The first-order valence-corrected chi connectivity index (χ1v) is 6.05. The summed E-state index contributed by atoms with van der Waals surface area (Å²) < 4.78 is 0. The molecule has 0 radical (unpaired) electrons. The van der Waals surface area contributed by atoms with E-state index in [1.54, 1.807) is 12.3 Å². The number of likely N-dealkylation sites (tertiary alicyclic amines) is 1. The lowest BCUT2D eigenvalue weighted by atomic mass is 9.97. The Kier molecular flexibility index (Phi) is 3.90. The van der Waals surface area contributed by atoms with E-state index in [-0.39, 0.29) is 11.8 Å². The third-order valence-electron chi connectivity index (χ3n) is 3.25. The van der Waals surface area contributed by atoms with Crippen molar-refractivity contribution in [3.05, 3.63) is 29.6 Å². The zero-order valence-electron chi connectivity index (χ0n) is 10.2. The van der Waals surface area contributed by atoms with Gasteiger partial charge in [-0.25, -0.2) is 4.98 Å². The largest absolute Gasteiger partial charge is 0.369 e. The molecule has 0 aliphatic carbocycles. The van der Waals surface area contributed by atoms with E-state index in [0.29, 0.717) is 12.2 Å². The van der Waals surface area contributed by atoms with Gasteiger partial charge in [-0.15, -0.1) is 0 Å². The van der Waals surface area contributed by atoms with Crippen molar-refractivity contribution in [2.75, 3.05) is 13.1 Å². The van der Waals surface area contributed by atoms with Crippen LogP contribution in [0.15, 0.2) is 18.3 Å². The SMILES string of the molecule is N#Cc1cc(CN2CCCC(C(N)=O)C2)ccn1. The summed E-state index contributed by atoms with van der Waals surface area (Å²) >= 11 is 0. The van der Waals surface area contributed by atoms with E-state index >= 15 is 0 Å². The average Bonchev–Trinajstić information content (AvgIpc) is 2.39. The molecule has 1 unspecified atom stereocenters. The normalized spacial score (nSPS) is 20.3. The molecule has 1 aromatic rings. The highest BCUT2D eigenvalue weighted by molar-refractivity contribution is 5.76. The summed E-state index contributed by atoms with van der Waals surface area (Å²) in [6.45, 7) is 2.41. The second-order valence-corrected chi connectivity index (χ2v) is 4.64. The Labute approximate surface area is 106 Å². The highest BCUT2D eigenvalue weighted by Gasteiger charge is 2.23. The summed E-state index contributed by atoms with van der Waals surface area (Å²) in [4.78, 5) is 17.3. The van der Waals surface area contributed by atoms with Gasteiger partial charge in [-0.2, -0.15) is 5.26 Å². The molecule has 1 fully saturated rings. The van der Waals surface area contributed by atoms with Crippen molar-refractivity contribution in [2.24, 2.45) is 11.7 Å². The molecule has 18 heavy (non-hydrogen) atoms. The topological polar surface area (TPSA) is 83.0 Å². The molecule has 2 N–H and O–H groups in total. The van der Waals surface area contributed by atoms with Crippen molar-refractivity contribution in [2.45, 2.75) is 19.4 Å². The van der Waals surface area contributed by atoms with E-state index in [9.17, 15) is 4.79 Å². The fourth-order valence-electron chi connectivity index (χ4n) is 2.32. The molecule has 2 rings (SSSR count). The van der Waals surface area contributed by atoms with E-state index in [1.807, 2.05) is 12.1 Å². The number of nitrogens with zero attached hydrogens (tertiary/aromatic N) is 3. The van der Waals surface area contributed by atoms with Gasteiger partial charge in [0.1, 0.15) is 11.8 Å². The first kappa shape index (κ1) is 12.5. The van der Waals surface area contributed by atoms with Gasteiger partial charge in [-0.3, -0.25) is 9.69 Å². The average molecular weight is 244 g/mol. The van der Waals surface area contributed by atoms with Crippen LogP contribution in [0.5, 0.6) is 0 Å². The number of nitrogens with two attached hydrogens (primary N) is 1. The number of rotatable bonds is 3. The maximum atomic E-state index is 11.2. The summed E-state index contributed by atoms with van der Waals surface area (Å²) in [5, 5.41) is 8.80. The predicted octanol–water partition coefficient (Wildman–Crippen LogP) is 0.651.